The molecule has 1 unspecified atom stereocenters. The molecule has 0 bridgehead atoms. The minimum absolute atomic E-state index is 0.0227. The average molecular weight is 303 g/mol. The largest absolute Gasteiger partial charge is 0.482 e. The zero-order valence-corrected chi connectivity index (χ0v) is 12.5. The van der Waals surface area contributed by atoms with Gasteiger partial charge in [0.05, 0.1) is 5.69 Å². The van der Waals surface area contributed by atoms with Gasteiger partial charge in [0, 0.05) is 25.6 Å². The number of benzene rings is 1. The van der Waals surface area contributed by atoms with Crippen molar-refractivity contribution in [2.24, 2.45) is 0 Å². The van der Waals surface area contributed by atoms with Crippen molar-refractivity contribution in [1.82, 2.24) is 10.6 Å². The predicted molar refractivity (Wildman–Crippen MR) is 82.9 cm³/mol. The first kappa shape index (κ1) is 14.8. The van der Waals surface area contributed by atoms with E-state index in [4.69, 9.17) is 4.74 Å². The van der Waals surface area contributed by atoms with E-state index in [2.05, 4.69) is 10.6 Å². The first-order valence-electron chi connectivity index (χ1n) is 7.76. The second-order valence-corrected chi connectivity index (χ2v) is 5.65. The molecule has 1 atom stereocenters. The number of carbonyl (C=O) groups excluding carboxylic acids is 2. The molecular formula is C16H21N3O3. The maximum atomic E-state index is 12.0. The van der Waals surface area contributed by atoms with Crippen molar-refractivity contribution in [2.45, 2.75) is 25.3 Å². The Morgan fingerprint density at radius 3 is 3.09 bits per heavy atom. The number of fused-ring (bicyclic) bond motifs is 1. The van der Waals surface area contributed by atoms with Gasteiger partial charge in [-0.3, -0.25) is 9.59 Å². The Balaban J connectivity index is 1.52. The van der Waals surface area contributed by atoms with Gasteiger partial charge < -0.3 is 20.3 Å². The van der Waals surface area contributed by atoms with E-state index in [-0.39, 0.29) is 18.4 Å². The van der Waals surface area contributed by atoms with E-state index in [1.807, 2.05) is 24.3 Å². The molecule has 2 N–H and O–H groups in total. The number of hydrogen-bond donors (Lipinski definition) is 2. The van der Waals surface area contributed by atoms with E-state index in [1.54, 1.807) is 4.90 Å². The Hall–Kier alpha value is -2.08. The molecule has 6 heteroatoms. The Bertz CT molecular complexity index is 555. The normalized spacial score (nSPS) is 20.5. The van der Waals surface area contributed by atoms with Gasteiger partial charge in [0.1, 0.15) is 5.75 Å². The van der Waals surface area contributed by atoms with Crippen LogP contribution < -0.4 is 20.3 Å². The summed E-state index contributed by atoms with van der Waals surface area (Å²) in [6, 6.07) is 7.79. The van der Waals surface area contributed by atoms with Crippen LogP contribution in [0.2, 0.25) is 0 Å². The van der Waals surface area contributed by atoms with E-state index in [9.17, 15) is 9.59 Å². The number of ether oxygens (including phenoxy) is 1. The Kier molecular flexibility index (Phi) is 4.58. The molecule has 0 saturated carbocycles. The fourth-order valence-electron chi connectivity index (χ4n) is 2.87. The highest BCUT2D eigenvalue weighted by atomic mass is 16.5. The molecule has 2 amide bonds. The zero-order valence-electron chi connectivity index (χ0n) is 12.5. The van der Waals surface area contributed by atoms with Gasteiger partial charge in [0.2, 0.25) is 5.91 Å². The Labute approximate surface area is 129 Å². The van der Waals surface area contributed by atoms with Gasteiger partial charge in [-0.15, -0.1) is 0 Å². The van der Waals surface area contributed by atoms with E-state index in [0.717, 1.165) is 18.7 Å². The maximum Gasteiger partial charge on any atom is 0.265 e. The first-order valence-corrected chi connectivity index (χ1v) is 7.76. The highest BCUT2D eigenvalue weighted by molar-refractivity contribution is 5.98. The quantitative estimate of drug-likeness (QED) is 0.839. The fourth-order valence-corrected chi connectivity index (χ4v) is 2.87. The average Bonchev–Trinajstić information content (AvgIpc) is 3.05. The van der Waals surface area contributed by atoms with E-state index in [1.165, 1.54) is 6.42 Å². The van der Waals surface area contributed by atoms with Crippen LogP contribution in [0, 0.1) is 0 Å². The summed E-state index contributed by atoms with van der Waals surface area (Å²) in [5.41, 5.74) is 0.740. The molecule has 1 fully saturated rings. The number of carbonyl (C=O) groups is 2. The molecule has 2 heterocycles. The van der Waals surface area contributed by atoms with Gasteiger partial charge in [0.15, 0.2) is 6.61 Å². The zero-order chi connectivity index (χ0) is 15.4. The van der Waals surface area contributed by atoms with Crippen molar-refractivity contribution in [1.29, 1.82) is 0 Å². The molecule has 1 aromatic rings. The summed E-state index contributed by atoms with van der Waals surface area (Å²) in [7, 11) is 0. The van der Waals surface area contributed by atoms with Crippen LogP contribution in [0.1, 0.15) is 19.3 Å². The van der Waals surface area contributed by atoms with Crippen LogP contribution in [0.15, 0.2) is 24.3 Å². The first-order chi connectivity index (χ1) is 10.7. The number of nitrogens with one attached hydrogen (secondary N) is 2. The summed E-state index contributed by atoms with van der Waals surface area (Å²) in [6.07, 6.45) is 2.57. The summed E-state index contributed by atoms with van der Waals surface area (Å²) in [4.78, 5) is 25.6. The number of nitrogens with zero attached hydrogens (tertiary/aromatic N) is 1. The molecule has 1 aromatic carbocycles. The van der Waals surface area contributed by atoms with E-state index >= 15 is 0 Å². The van der Waals surface area contributed by atoms with Crippen molar-refractivity contribution < 1.29 is 14.3 Å². The van der Waals surface area contributed by atoms with Crippen LogP contribution in [0.5, 0.6) is 5.75 Å². The van der Waals surface area contributed by atoms with E-state index < -0.39 is 0 Å². The smallest absolute Gasteiger partial charge is 0.265 e. The van der Waals surface area contributed by atoms with Crippen LogP contribution in [0.3, 0.4) is 0 Å². The number of hydrogen-bond acceptors (Lipinski definition) is 4. The van der Waals surface area contributed by atoms with Gasteiger partial charge in [-0.1, -0.05) is 12.1 Å². The Morgan fingerprint density at radius 1 is 1.41 bits per heavy atom. The minimum Gasteiger partial charge on any atom is -0.482 e. The van der Waals surface area contributed by atoms with Gasteiger partial charge in [-0.05, 0) is 31.5 Å². The molecule has 0 aromatic heterocycles. The van der Waals surface area contributed by atoms with Crippen molar-refractivity contribution >= 4 is 17.5 Å². The van der Waals surface area contributed by atoms with Gasteiger partial charge in [0.25, 0.3) is 5.91 Å². The monoisotopic (exact) mass is 303 g/mol. The van der Waals surface area contributed by atoms with Crippen molar-refractivity contribution in [3.8, 4) is 5.75 Å². The minimum atomic E-state index is -0.107. The third kappa shape index (κ3) is 3.39. The molecule has 0 radical (unpaired) electrons. The fraction of sp³-hybridized carbons (Fsp3) is 0.500. The SMILES string of the molecule is O=C(CCN1C(=O)COc2ccccc21)NCC1CCCN1. The lowest BCUT2D eigenvalue weighted by Crippen LogP contribution is -2.42. The summed E-state index contributed by atoms with van der Waals surface area (Å²) in [5.74, 6) is 0.562. The second kappa shape index (κ2) is 6.79. The maximum absolute atomic E-state index is 12.0. The molecule has 0 aliphatic carbocycles. The van der Waals surface area contributed by atoms with Crippen LogP contribution in [0.4, 0.5) is 5.69 Å². The number of rotatable bonds is 5. The van der Waals surface area contributed by atoms with Gasteiger partial charge in [-0.25, -0.2) is 0 Å². The summed E-state index contributed by atoms with van der Waals surface area (Å²) in [6.45, 7) is 2.10. The molecule has 6 nitrogen and oxygen atoms in total. The topological polar surface area (TPSA) is 70.7 Å². The molecule has 3 rings (SSSR count). The van der Waals surface area contributed by atoms with E-state index in [0.29, 0.717) is 31.3 Å². The molecule has 2 aliphatic rings. The molecule has 118 valence electrons. The van der Waals surface area contributed by atoms with Crippen LogP contribution in [-0.4, -0.2) is 44.1 Å². The van der Waals surface area contributed by atoms with Crippen molar-refractivity contribution in [3.05, 3.63) is 24.3 Å². The number of amides is 2. The summed E-state index contributed by atoms with van der Waals surface area (Å²) in [5, 5.41) is 6.27. The lowest BCUT2D eigenvalue weighted by atomic mass is 10.2. The lowest BCUT2D eigenvalue weighted by molar-refractivity contribution is -0.122. The molecule has 0 spiro atoms. The number of anilines is 1. The summed E-state index contributed by atoms with van der Waals surface area (Å²) < 4.78 is 5.39. The molecule has 2 aliphatic heterocycles. The summed E-state index contributed by atoms with van der Waals surface area (Å²) >= 11 is 0. The van der Waals surface area contributed by atoms with Crippen LogP contribution >= 0.6 is 0 Å². The van der Waals surface area contributed by atoms with Crippen LogP contribution in [0.25, 0.3) is 0 Å². The predicted octanol–water partition coefficient (Wildman–Crippen LogP) is 0.670. The molecular weight excluding hydrogens is 282 g/mol. The van der Waals surface area contributed by atoms with Gasteiger partial charge in [-0.2, -0.15) is 0 Å². The lowest BCUT2D eigenvalue weighted by Gasteiger charge is -2.29. The third-order valence-electron chi connectivity index (χ3n) is 4.08. The van der Waals surface area contributed by atoms with Crippen molar-refractivity contribution in [3.63, 3.8) is 0 Å². The standard InChI is InChI=1S/C16H21N3O3/c20-15(18-10-12-4-3-8-17-12)7-9-19-13-5-1-2-6-14(13)22-11-16(19)21/h1-2,5-6,12,17H,3-4,7-11H2,(H,18,20). The molecule has 1 saturated heterocycles. The second-order valence-electron chi connectivity index (χ2n) is 5.65. The van der Waals surface area contributed by atoms with Gasteiger partial charge >= 0.3 is 0 Å². The van der Waals surface area contributed by atoms with Crippen molar-refractivity contribution in [2.75, 3.05) is 31.1 Å². The molecule has 22 heavy (non-hydrogen) atoms. The highest BCUT2D eigenvalue weighted by Crippen LogP contribution is 2.31. The van der Waals surface area contributed by atoms with Crippen LogP contribution in [-0.2, 0) is 9.59 Å². The Morgan fingerprint density at radius 2 is 2.27 bits per heavy atom. The number of para-hydroxylation sites is 2. The highest BCUT2D eigenvalue weighted by Gasteiger charge is 2.25. The third-order valence-corrected chi connectivity index (χ3v) is 4.08.